The van der Waals surface area contributed by atoms with Crippen LogP contribution in [0.25, 0.3) is 0 Å². The van der Waals surface area contributed by atoms with Crippen LogP contribution < -0.4 is 19.1 Å². The fourth-order valence-corrected chi connectivity index (χ4v) is 7.73. The van der Waals surface area contributed by atoms with E-state index in [-0.39, 0.29) is 35.6 Å². The van der Waals surface area contributed by atoms with Crippen molar-refractivity contribution in [3.05, 3.63) is 120 Å². The highest BCUT2D eigenvalue weighted by atomic mass is 32.2. The third-order valence-corrected chi connectivity index (χ3v) is 10.9. The summed E-state index contributed by atoms with van der Waals surface area (Å²) in [4.78, 5) is 30.5. The highest BCUT2D eigenvalue weighted by Crippen LogP contribution is 2.32. The summed E-state index contributed by atoms with van der Waals surface area (Å²) in [5, 5.41) is 3.25. The van der Waals surface area contributed by atoms with E-state index in [9.17, 15) is 18.0 Å². The van der Waals surface area contributed by atoms with Crippen LogP contribution in [0.1, 0.15) is 48.8 Å². The van der Waals surface area contributed by atoms with Gasteiger partial charge in [0.05, 0.1) is 24.8 Å². The van der Waals surface area contributed by atoms with Crippen LogP contribution in [0, 0.1) is 6.92 Å². The van der Waals surface area contributed by atoms with Crippen LogP contribution in [0.15, 0.2) is 108 Å². The van der Waals surface area contributed by atoms with Crippen molar-refractivity contribution >= 4 is 27.5 Å². The molecule has 1 atom stereocenters. The lowest BCUT2D eigenvalue weighted by Crippen LogP contribution is -2.55. The van der Waals surface area contributed by atoms with Crippen molar-refractivity contribution in [2.45, 2.75) is 69.0 Å². The van der Waals surface area contributed by atoms with Crippen molar-refractivity contribution in [2.75, 3.05) is 25.1 Å². The van der Waals surface area contributed by atoms with Gasteiger partial charge in [0, 0.05) is 25.1 Å². The summed E-state index contributed by atoms with van der Waals surface area (Å²) in [6.45, 7) is 1.55. The van der Waals surface area contributed by atoms with Crippen molar-refractivity contribution in [3.8, 4) is 11.5 Å². The highest BCUT2D eigenvalue weighted by molar-refractivity contribution is 7.92. The first-order valence-corrected chi connectivity index (χ1v) is 18.1. The average Bonchev–Trinajstić information content (AvgIpc) is 3.13. The molecule has 10 heteroatoms. The van der Waals surface area contributed by atoms with Gasteiger partial charge in [0.2, 0.25) is 11.8 Å². The Balaban J connectivity index is 1.57. The maximum atomic E-state index is 14.8. The monoisotopic (exact) mass is 683 g/mol. The number of rotatable bonds is 14. The third-order valence-electron chi connectivity index (χ3n) is 9.09. The van der Waals surface area contributed by atoms with E-state index in [4.69, 9.17) is 9.47 Å². The van der Waals surface area contributed by atoms with Crippen LogP contribution in [-0.2, 0) is 32.6 Å². The van der Waals surface area contributed by atoms with Gasteiger partial charge < -0.3 is 19.7 Å². The SMILES string of the molecule is COc1ccc(S(=O)(=O)N(CC(=O)N(Cc2ccccc2C)C(Cc2ccccc2)C(=O)NC2CCCCC2)c2ccccc2)cc1OC. The first kappa shape index (κ1) is 35.5. The molecule has 2 amide bonds. The smallest absolute Gasteiger partial charge is 0.264 e. The summed E-state index contributed by atoms with van der Waals surface area (Å²) in [5.74, 6) is -0.130. The zero-order valence-electron chi connectivity index (χ0n) is 28.4. The second-order valence-electron chi connectivity index (χ2n) is 12.4. The highest BCUT2D eigenvalue weighted by Gasteiger charge is 2.36. The molecule has 9 nitrogen and oxygen atoms in total. The molecule has 0 aromatic heterocycles. The predicted octanol–water partition coefficient (Wildman–Crippen LogP) is 6.30. The molecule has 0 bridgehead atoms. The first-order valence-electron chi connectivity index (χ1n) is 16.7. The van der Waals surface area contributed by atoms with Crippen LogP contribution in [0.3, 0.4) is 0 Å². The molecule has 4 aromatic carbocycles. The van der Waals surface area contributed by atoms with E-state index in [1.807, 2.05) is 61.5 Å². The Bertz CT molecular complexity index is 1810. The third kappa shape index (κ3) is 8.80. The molecule has 5 rings (SSSR count). The maximum Gasteiger partial charge on any atom is 0.264 e. The minimum atomic E-state index is -4.30. The molecule has 0 saturated heterocycles. The van der Waals surface area contributed by atoms with E-state index in [0.717, 1.165) is 53.1 Å². The number of carbonyl (C=O) groups excluding carboxylic acids is 2. The van der Waals surface area contributed by atoms with Crippen LogP contribution in [0.2, 0.25) is 0 Å². The van der Waals surface area contributed by atoms with Gasteiger partial charge in [-0.2, -0.15) is 0 Å². The molecule has 0 heterocycles. The number of hydrogen-bond acceptors (Lipinski definition) is 6. The molecular formula is C39H45N3O6S. The van der Waals surface area contributed by atoms with Gasteiger partial charge in [0.15, 0.2) is 11.5 Å². The molecule has 258 valence electrons. The average molecular weight is 684 g/mol. The van der Waals surface area contributed by atoms with Gasteiger partial charge in [-0.15, -0.1) is 0 Å². The van der Waals surface area contributed by atoms with Crippen molar-refractivity contribution < 1.29 is 27.5 Å². The molecule has 4 aromatic rings. The molecule has 1 fully saturated rings. The van der Waals surface area contributed by atoms with Crippen molar-refractivity contribution in [1.29, 1.82) is 0 Å². The normalized spacial score (nSPS) is 14.0. The number of para-hydroxylation sites is 1. The number of sulfonamides is 1. The standard InChI is InChI=1S/C39H45N3O6S/c1-29-15-13-14-18-31(29)27-41(35(25-30-16-7-4-8-17-30)39(44)40-32-19-9-5-10-20-32)38(43)28-42(33-21-11-6-12-22-33)49(45,46)34-23-24-36(47-2)37(26-34)48-3/h4,6-8,11-18,21-24,26,32,35H,5,9-10,19-20,25,27-28H2,1-3H3,(H,40,44). The number of nitrogens with zero attached hydrogens (tertiary/aromatic N) is 2. The lowest BCUT2D eigenvalue weighted by Gasteiger charge is -2.35. The minimum Gasteiger partial charge on any atom is -0.493 e. The van der Waals surface area contributed by atoms with Crippen LogP contribution in [-0.4, -0.2) is 58.0 Å². The second kappa shape index (κ2) is 16.5. The van der Waals surface area contributed by atoms with Gasteiger partial charge in [-0.3, -0.25) is 13.9 Å². The Morgan fingerprint density at radius 3 is 2.10 bits per heavy atom. The number of amides is 2. The molecule has 1 N–H and O–H groups in total. The number of ether oxygens (including phenoxy) is 2. The van der Waals surface area contributed by atoms with Crippen molar-refractivity contribution in [3.63, 3.8) is 0 Å². The summed E-state index contributed by atoms with van der Waals surface area (Å²) in [7, 11) is -1.39. The molecule has 1 aliphatic carbocycles. The second-order valence-corrected chi connectivity index (χ2v) is 14.2. The molecule has 0 spiro atoms. The summed E-state index contributed by atoms with van der Waals surface area (Å²) >= 11 is 0. The Morgan fingerprint density at radius 2 is 1.45 bits per heavy atom. The summed E-state index contributed by atoms with van der Waals surface area (Å²) in [5.41, 5.74) is 3.04. The minimum absolute atomic E-state index is 0.0289. The Labute approximate surface area is 289 Å². The summed E-state index contributed by atoms with van der Waals surface area (Å²) in [6.07, 6.45) is 5.27. The summed E-state index contributed by atoms with van der Waals surface area (Å²) < 4.78 is 40.6. The van der Waals surface area contributed by atoms with Crippen molar-refractivity contribution in [2.24, 2.45) is 0 Å². The quantitative estimate of drug-likeness (QED) is 0.167. The predicted molar refractivity (Wildman–Crippen MR) is 191 cm³/mol. The molecule has 1 saturated carbocycles. The van der Waals surface area contributed by atoms with Gasteiger partial charge in [0.1, 0.15) is 12.6 Å². The lowest BCUT2D eigenvalue weighted by molar-refractivity contribution is -0.140. The van der Waals surface area contributed by atoms with E-state index in [1.54, 1.807) is 35.2 Å². The molecule has 49 heavy (non-hydrogen) atoms. The van der Waals surface area contributed by atoms with E-state index >= 15 is 0 Å². The number of nitrogens with one attached hydrogen (secondary N) is 1. The fourth-order valence-electron chi connectivity index (χ4n) is 6.30. The Hall–Kier alpha value is -4.83. The molecule has 1 aliphatic rings. The van der Waals surface area contributed by atoms with Crippen LogP contribution in [0.4, 0.5) is 5.69 Å². The number of hydrogen-bond donors (Lipinski definition) is 1. The van der Waals surface area contributed by atoms with Crippen molar-refractivity contribution in [1.82, 2.24) is 10.2 Å². The van der Waals surface area contributed by atoms with E-state index in [1.165, 1.54) is 32.4 Å². The largest absolute Gasteiger partial charge is 0.493 e. The number of carbonyl (C=O) groups is 2. The zero-order chi connectivity index (χ0) is 34.8. The number of anilines is 1. The Morgan fingerprint density at radius 1 is 0.816 bits per heavy atom. The van der Waals surface area contributed by atoms with E-state index in [0.29, 0.717) is 11.4 Å². The van der Waals surface area contributed by atoms with Gasteiger partial charge in [-0.1, -0.05) is 92.1 Å². The topological polar surface area (TPSA) is 105 Å². The summed E-state index contributed by atoms with van der Waals surface area (Å²) in [6, 6.07) is 29.3. The Kier molecular flexibility index (Phi) is 12.0. The molecule has 1 unspecified atom stereocenters. The van der Waals surface area contributed by atoms with Gasteiger partial charge in [-0.05, 0) is 60.7 Å². The molecule has 0 radical (unpaired) electrons. The fraction of sp³-hybridized carbons (Fsp3) is 0.333. The van der Waals surface area contributed by atoms with E-state index < -0.39 is 28.5 Å². The van der Waals surface area contributed by atoms with E-state index in [2.05, 4.69) is 5.32 Å². The molecule has 0 aliphatic heterocycles. The van der Waals surface area contributed by atoms with Gasteiger partial charge >= 0.3 is 0 Å². The number of benzene rings is 4. The van der Waals surface area contributed by atoms with Crippen LogP contribution in [0.5, 0.6) is 11.5 Å². The number of methoxy groups -OCH3 is 2. The van der Waals surface area contributed by atoms with Gasteiger partial charge in [-0.25, -0.2) is 8.42 Å². The van der Waals surface area contributed by atoms with Gasteiger partial charge in [0.25, 0.3) is 10.0 Å². The van der Waals surface area contributed by atoms with Crippen LogP contribution >= 0.6 is 0 Å². The number of aryl methyl sites for hydroxylation is 1. The first-order chi connectivity index (χ1) is 23.7. The molecular weight excluding hydrogens is 639 g/mol. The lowest BCUT2D eigenvalue weighted by atomic mass is 9.94. The maximum absolute atomic E-state index is 14.8. The zero-order valence-corrected chi connectivity index (χ0v) is 29.2.